The van der Waals surface area contributed by atoms with Crippen LogP contribution in [0.3, 0.4) is 0 Å². The van der Waals surface area contributed by atoms with Gasteiger partial charge in [0, 0.05) is 20.1 Å². The molecule has 0 spiro atoms. The molecule has 0 aromatic rings. The van der Waals surface area contributed by atoms with E-state index in [2.05, 4.69) is 15.6 Å². The van der Waals surface area contributed by atoms with Crippen molar-refractivity contribution in [3.63, 3.8) is 0 Å². The van der Waals surface area contributed by atoms with Gasteiger partial charge in [-0.1, -0.05) is 0 Å². The molecular weight excluding hydrogens is 324 g/mol. The van der Waals surface area contributed by atoms with Gasteiger partial charge in [0.2, 0.25) is 0 Å². The van der Waals surface area contributed by atoms with Crippen LogP contribution in [0.5, 0.6) is 0 Å². The Morgan fingerprint density at radius 2 is 1.72 bits per heavy atom. The largest absolute Gasteiger partial charge is 0.459 e. The third-order valence-electron chi connectivity index (χ3n) is 3.23. The lowest BCUT2D eigenvalue weighted by Crippen LogP contribution is -2.45. The monoisotopic (exact) mass is 356 g/mol. The van der Waals surface area contributed by atoms with Crippen molar-refractivity contribution in [2.45, 2.75) is 65.2 Å². The van der Waals surface area contributed by atoms with Crippen LogP contribution in [0, 0.1) is 0 Å². The number of hydrogen-bond donors (Lipinski definition) is 2. The smallest absolute Gasteiger partial charge is 0.407 e. The third kappa shape index (κ3) is 8.60. The highest BCUT2D eigenvalue weighted by Gasteiger charge is 2.28. The van der Waals surface area contributed by atoms with E-state index >= 15 is 0 Å². The summed E-state index contributed by atoms with van der Waals surface area (Å²) >= 11 is 0. The molecule has 0 saturated carbocycles. The molecule has 0 aromatic carbocycles. The lowest BCUT2D eigenvalue weighted by molar-refractivity contribution is -0.153. The molecule has 1 amide bonds. The molecule has 8 heteroatoms. The van der Waals surface area contributed by atoms with Gasteiger partial charge in [-0.2, -0.15) is 0 Å². The van der Waals surface area contributed by atoms with Gasteiger partial charge < -0.3 is 25.0 Å². The van der Waals surface area contributed by atoms with E-state index in [1.54, 1.807) is 7.05 Å². The molecule has 1 saturated heterocycles. The predicted octanol–water partition coefficient (Wildman–Crippen LogP) is 1.50. The summed E-state index contributed by atoms with van der Waals surface area (Å²) in [6, 6.07) is -0.0186. The molecule has 144 valence electrons. The molecule has 8 nitrogen and oxygen atoms in total. The lowest BCUT2D eigenvalue weighted by Gasteiger charge is -2.24. The molecule has 0 radical (unpaired) electrons. The molecule has 1 rings (SSSR count). The number of hydrogen-bond acceptors (Lipinski definition) is 5. The van der Waals surface area contributed by atoms with Gasteiger partial charge in [-0.15, -0.1) is 0 Å². The number of rotatable bonds is 3. The summed E-state index contributed by atoms with van der Waals surface area (Å²) < 4.78 is 10.5. The number of nitrogens with zero attached hydrogens (tertiary/aromatic N) is 2. The molecular formula is C17H32N4O4. The van der Waals surface area contributed by atoms with Crippen molar-refractivity contribution in [1.82, 2.24) is 15.5 Å². The maximum absolute atomic E-state index is 11.8. The van der Waals surface area contributed by atoms with Gasteiger partial charge in [-0.25, -0.2) is 4.79 Å². The van der Waals surface area contributed by atoms with Crippen molar-refractivity contribution in [3.8, 4) is 0 Å². The number of amides is 1. The molecule has 1 heterocycles. The van der Waals surface area contributed by atoms with Gasteiger partial charge in [-0.3, -0.25) is 9.79 Å². The second-order valence-electron chi connectivity index (χ2n) is 8.07. The Balaban J connectivity index is 2.45. The van der Waals surface area contributed by atoms with E-state index in [-0.39, 0.29) is 18.6 Å². The molecule has 0 bridgehead atoms. The van der Waals surface area contributed by atoms with E-state index < -0.39 is 17.3 Å². The SMILES string of the molecule is CN=C(NCC(=O)OC(C)(C)C)N1CC[C@@H](NC(=O)OC(C)(C)C)C1. The zero-order chi connectivity index (χ0) is 19.3. The van der Waals surface area contributed by atoms with Crippen LogP contribution in [0.25, 0.3) is 0 Å². The molecule has 1 atom stereocenters. The molecule has 0 aromatic heterocycles. The number of carbonyl (C=O) groups excluding carboxylic acids is 2. The van der Waals surface area contributed by atoms with E-state index in [0.29, 0.717) is 12.5 Å². The van der Waals surface area contributed by atoms with Gasteiger partial charge >= 0.3 is 12.1 Å². The number of alkyl carbamates (subject to hydrolysis) is 1. The van der Waals surface area contributed by atoms with Crippen LogP contribution in [-0.2, 0) is 14.3 Å². The number of ether oxygens (including phenoxy) is 2. The second-order valence-corrected chi connectivity index (χ2v) is 8.07. The van der Waals surface area contributed by atoms with Gasteiger partial charge in [0.1, 0.15) is 17.7 Å². The minimum Gasteiger partial charge on any atom is -0.459 e. The van der Waals surface area contributed by atoms with Crippen LogP contribution < -0.4 is 10.6 Å². The maximum Gasteiger partial charge on any atom is 0.407 e. The molecule has 0 aliphatic carbocycles. The average molecular weight is 356 g/mol. The van der Waals surface area contributed by atoms with E-state index in [1.807, 2.05) is 46.4 Å². The van der Waals surface area contributed by atoms with Gasteiger partial charge in [0.25, 0.3) is 0 Å². The Labute approximate surface area is 150 Å². The normalized spacial score (nSPS) is 18.8. The van der Waals surface area contributed by atoms with E-state index in [1.165, 1.54) is 0 Å². The topological polar surface area (TPSA) is 92.3 Å². The van der Waals surface area contributed by atoms with Crippen molar-refractivity contribution < 1.29 is 19.1 Å². The minimum atomic E-state index is -0.520. The van der Waals surface area contributed by atoms with E-state index in [4.69, 9.17) is 9.47 Å². The Hall–Kier alpha value is -1.99. The molecule has 1 aliphatic heterocycles. The van der Waals surface area contributed by atoms with E-state index in [0.717, 1.165) is 13.0 Å². The zero-order valence-corrected chi connectivity index (χ0v) is 16.4. The first-order chi connectivity index (χ1) is 11.4. The van der Waals surface area contributed by atoms with Crippen molar-refractivity contribution in [2.24, 2.45) is 4.99 Å². The highest BCUT2D eigenvalue weighted by atomic mass is 16.6. The lowest BCUT2D eigenvalue weighted by atomic mass is 10.2. The van der Waals surface area contributed by atoms with Gasteiger partial charge in [0.05, 0.1) is 6.04 Å². The number of likely N-dealkylation sites (tertiary alicyclic amines) is 1. The summed E-state index contributed by atoms with van der Waals surface area (Å²) in [5.41, 5.74) is -1.04. The van der Waals surface area contributed by atoms with Crippen LogP contribution in [-0.4, -0.2) is 66.8 Å². The van der Waals surface area contributed by atoms with Crippen molar-refractivity contribution in [1.29, 1.82) is 0 Å². The van der Waals surface area contributed by atoms with Crippen molar-refractivity contribution in [2.75, 3.05) is 26.7 Å². The first kappa shape index (κ1) is 21.1. The third-order valence-corrected chi connectivity index (χ3v) is 3.23. The highest BCUT2D eigenvalue weighted by Crippen LogP contribution is 2.12. The van der Waals surface area contributed by atoms with Crippen LogP contribution in [0.15, 0.2) is 4.99 Å². The molecule has 0 unspecified atom stereocenters. The summed E-state index contributed by atoms with van der Waals surface area (Å²) in [5.74, 6) is 0.274. The number of aliphatic imine (C=N–C) groups is 1. The van der Waals surface area contributed by atoms with Crippen LogP contribution in [0.1, 0.15) is 48.0 Å². The van der Waals surface area contributed by atoms with Crippen molar-refractivity contribution in [3.05, 3.63) is 0 Å². The summed E-state index contributed by atoms with van der Waals surface area (Å²) in [6.07, 6.45) is 0.364. The molecule has 2 N–H and O–H groups in total. The Kier molecular flexibility index (Phi) is 7.07. The standard InChI is InChI=1S/C17H32N4O4/c1-16(2,3)24-13(22)10-19-14(18-7)21-9-8-12(11-21)20-15(23)25-17(4,5)6/h12H,8-11H2,1-7H3,(H,18,19)(H,20,23)/t12-/m1/s1. The van der Waals surface area contributed by atoms with Crippen LogP contribution in [0.4, 0.5) is 4.79 Å². The fourth-order valence-electron chi connectivity index (χ4n) is 2.41. The number of nitrogens with one attached hydrogen (secondary N) is 2. The fourth-order valence-corrected chi connectivity index (χ4v) is 2.41. The zero-order valence-electron chi connectivity index (χ0n) is 16.4. The average Bonchev–Trinajstić information content (AvgIpc) is 2.83. The predicted molar refractivity (Wildman–Crippen MR) is 96.6 cm³/mol. The minimum absolute atomic E-state index is 0.0186. The summed E-state index contributed by atoms with van der Waals surface area (Å²) in [6.45, 7) is 12.3. The van der Waals surface area contributed by atoms with Gasteiger partial charge in [0.15, 0.2) is 5.96 Å². The van der Waals surface area contributed by atoms with Crippen molar-refractivity contribution >= 4 is 18.0 Å². The Morgan fingerprint density at radius 1 is 1.12 bits per heavy atom. The summed E-state index contributed by atoms with van der Waals surface area (Å²) in [4.78, 5) is 29.8. The number of esters is 1. The first-order valence-electron chi connectivity index (χ1n) is 8.56. The summed E-state index contributed by atoms with van der Waals surface area (Å²) in [5, 5.41) is 5.87. The Bertz CT molecular complexity index is 506. The first-order valence-corrected chi connectivity index (χ1v) is 8.56. The molecule has 25 heavy (non-hydrogen) atoms. The van der Waals surface area contributed by atoms with Crippen LogP contribution >= 0.6 is 0 Å². The summed E-state index contributed by atoms with van der Waals surface area (Å²) in [7, 11) is 1.66. The Morgan fingerprint density at radius 3 is 2.24 bits per heavy atom. The number of carbonyl (C=O) groups is 2. The van der Waals surface area contributed by atoms with Gasteiger partial charge in [-0.05, 0) is 48.0 Å². The quantitative estimate of drug-likeness (QED) is 0.452. The second kappa shape index (κ2) is 8.40. The van der Waals surface area contributed by atoms with Crippen LogP contribution in [0.2, 0.25) is 0 Å². The number of guanidine groups is 1. The van der Waals surface area contributed by atoms with E-state index in [9.17, 15) is 9.59 Å². The highest BCUT2D eigenvalue weighted by molar-refractivity contribution is 5.84. The maximum atomic E-state index is 11.8. The molecule has 1 aliphatic rings. The molecule has 1 fully saturated rings. The fraction of sp³-hybridized carbons (Fsp3) is 0.824.